The Balaban J connectivity index is 1.56. The summed E-state index contributed by atoms with van der Waals surface area (Å²) < 4.78 is 7.25. The van der Waals surface area contributed by atoms with E-state index in [9.17, 15) is 4.79 Å². The number of amides is 1. The zero-order valence-electron chi connectivity index (χ0n) is 15.2. The monoisotopic (exact) mass is 367 g/mol. The zero-order chi connectivity index (χ0) is 17.6. The molecule has 8 heteroatoms. The Morgan fingerprint density at radius 1 is 1.28 bits per heavy atom. The summed E-state index contributed by atoms with van der Waals surface area (Å²) in [6.45, 7) is 5.74. The molecular formula is C17H29N5O2S. The molecule has 1 saturated heterocycles. The number of hydrogen-bond acceptors (Lipinski definition) is 6. The maximum absolute atomic E-state index is 12.0. The van der Waals surface area contributed by atoms with Crippen LogP contribution in [0.3, 0.4) is 0 Å². The molecule has 1 saturated carbocycles. The third-order valence-electron chi connectivity index (χ3n) is 4.80. The lowest BCUT2D eigenvalue weighted by Crippen LogP contribution is -2.34. The van der Waals surface area contributed by atoms with Gasteiger partial charge in [-0.25, -0.2) is 0 Å². The summed E-state index contributed by atoms with van der Waals surface area (Å²) in [5.41, 5.74) is 0. The van der Waals surface area contributed by atoms with Crippen molar-refractivity contribution in [1.82, 2.24) is 20.1 Å². The minimum absolute atomic E-state index is 0.0415. The van der Waals surface area contributed by atoms with Gasteiger partial charge in [-0.05, 0) is 38.0 Å². The second-order valence-electron chi connectivity index (χ2n) is 7.04. The molecular weight excluding hydrogens is 338 g/mol. The predicted octanol–water partition coefficient (Wildman–Crippen LogP) is 2.09. The van der Waals surface area contributed by atoms with Crippen molar-refractivity contribution >= 4 is 23.6 Å². The van der Waals surface area contributed by atoms with Crippen molar-refractivity contribution in [3.8, 4) is 0 Å². The van der Waals surface area contributed by atoms with Crippen molar-refractivity contribution < 1.29 is 9.53 Å². The van der Waals surface area contributed by atoms with Gasteiger partial charge in [-0.1, -0.05) is 18.7 Å². The molecule has 1 aliphatic heterocycles. The van der Waals surface area contributed by atoms with Gasteiger partial charge in [0.15, 0.2) is 5.16 Å². The number of rotatable bonds is 9. The molecule has 7 nitrogen and oxygen atoms in total. The van der Waals surface area contributed by atoms with Crippen LogP contribution in [0.5, 0.6) is 0 Å². The lowest BCUT2D eigenvalue weighted by Gasteiger charge is -2.31. The van der Waals surface area contributed by atoms with E-state index in [4.69, 9.17) is 4.74 Å². The lowest BCUT2D eigenvalue weighted by molar-refractivity contribution is -0.118. The highest BCUT2D eigenvalue weighted by molar-refractivity contribution is 7.99. The van der Waals surface area contributed by atoms with Crippen LogP contribution in [0.15, 0.2) is 5.16 Å². The van der Waals surface area contributed by atoms with Gasteiger partial charge in [0.1, 0.15) is 0 Å². The van der Waals surface area contributed by atoms with Crippen LogP contribution in [0, 0.1) is 5.92 Å². The number of hydrogen-bond donors (Lipinski definition) is 1. The van der Waals surface area contributed by atoms with Gasteiger partial charge in [0.2, 0.25) is 11.9 Å². The smallest absolute Gasteiger partial charge is 0.230 e. The number of ether oxygens (including phenoxy) is 1. The molecule has 1 aliphatic carbocycles. The molecule has 2 heterocycles. The standard InChI is InChI=1S/C17H29N5O2S/c1-13-6-9-21(10-7-13)16-19-20-17(22(16)14-4-5-14)25-12-15(23)18-8-3-11-24-2/h13-14H,3-12H2,1-2H3,(H,18,23). The molecule has 0 atom stereocenters. The normalized spacial score (nSPS) is 18.6. The largest absolute Gasteiger partial charge is 0.385 e. The van der Waals surface area contributed by atoms with Crippen molar-refractivity contribution in [2.75, 3.05) is 44.0 Å². The summed E-state index contributed by atoms with van der Waals surface area (Å²) in [7, 11) is 1.67. The van der Waals surface area contributed by atoms with Crippen LogP contribution in [-0.4, -0.2) is 59.8 Å². The molecule has 0 aromatic carbocycles. The zero-order valence-corrected chi connectivity index (χ0v) is 16.1. The Labute approximate surface area is 153 Å². The molecule has 1 amide bonds. The summed E-state index contributed by atoms with van der Waals surface area (Å²) in [5.74, 6) is 2.22. The van der Waals surface area contributed by atoms with E-state index in [-0.39, 0.29) is 5.91 Å². The highest BCUT2D eigenvalue weighted by atomic mass is 32.2. The average molecular weight is 368 g/mol. The second-order valence-corrected chi connectivity index (χ2v) is 7.98. The molecule has 2 aliphatic rings. The number of carbonyl (C=O) groups excluding carboxylic acids is 1. The molecule has 140 valence electrons. The molecule has 2 fully saturated rings. The minimum atomic E-state index is 0.0415. The molecule has 0 spiro atoms. The summed E-state index contributed by atoms with van der Waals surface area (Å²) in [4.78, 5) is 14.3. The third-order valence-corrected chi connectivity index (χ3v) is 5.75. The fourth-order valence-corrected chi connectivity index (χ4v) is 3.90. The van der Waals surface area contributed by atoms with Crippen LogP contribution in [0.1, 0.15) is 45.1 Å². The Hall–Kier alpha value is -1.28. The average Bonchev–Trinajstić information content (AvgIpc) is 3.37. The van der Waals surface area contributed by atoms with E-state index in [1.165, 1.54) is 37.4 Å². The Bertz CT molecular complexity index is 567. The first-order valence-electron chi connectivity index (χ1n) is 9.27. The number of piperidine rings is 1. The molecule has 0 bridgehead atoms. The van der Waals surface area contributed by atoms with Crippen LogP contribution in [0.25, 0.3) is 0 Å². The Morgan fingerprint density at radius 3 is 2.72 bits per heavy atom. The topological polar surface area (TPSA) is 72.3 Å². The number of aromatic nitrogens is 3. The van der Waals surface area contributed by atoms with Crippen LogP contribution < -0.4 is 10.2 Å². The SMILES string of the molecule is COCCCNC(=O)CSc1nnc(N2CCC(C)CC2)n1C1CC1. The van der Waals surface area contributed by atoms with Gasteiger partial charge >= 0.3 is 0 Å². The van der Waals surface area contributed by atoms with E-state index >= 15 is 0 Å². The Morgan fingerprint density at radius 2 is 2.04 bits per heavy atom. The van der Waals surface area contributed by atoms with E-state index in [1.807, 2.05) is 0 Å². The number of carbonyl (C=O) groups is 1. The molecule has 25 heavy (non-hydrogen) atoms. The van der Waals surface area contributed by atoms with Gasteiger partial charge in [-0.2, -0.15) is 0 Å². The minimum Gasteiger partial charge on any atom is -0.385 e. The van der Waals surface area contributed by atoms with Crippen LogP contribution in [0.2, 0.25) is 0 Å². The van der Waals surface area contributed by atoms with Crippen molar-refractivity contribution in [2.24, 2.45) is 5.92 Å². The molecule has 1 aromatic heterocycles. The van der Waals surface area contributed by atoms with Crippen molar-refractivity contribution in [3.63, 3.8) is 0 Å². The fraction of sp³-hybridized carbons (Fsp3) is 0.824. The number of anilines is 1. The van der Waals surface area contributed by atoms with E-state index in [2.05, 4.69) is 31.9 Å². The van der Waals surface area contributed by atoms with Crippen LogP contribution in [0.4, 0.5) is 5.95 Å². The van der Waals surface area contributed by atoms with Crippen molar-refractivity contribution in [3.05, 3.63) is 0 Å². The number of methoxy groups -OCH3 is 1. The maximum Gasteiger partial charge on any atom is 0.230 e. The number of nitrogens with one attached hydrogen (secondary N) is 1. The Kier molecular flexibility index (Phi) is 6.58. The molecule has 0 radical (unpaired) electrons. The molecule has 1 aromatic rings. The van der Waals surface area contributed by atoms with Crippen molar-refractivity contribution in [2.45, 2.75) is 50.2 Å². The van der Waals surface area contributed by atoms with Crippen LogP contribution in [-0.2, 0) is 9.53 Å². The maximum atomic E-state index is 12.0. The third kappa shape index (κ3) is 5.10. The number of thioether (sulfide) groups is 1. The first-order valence-corrected chi connectivity index (χ1v) is 10.3. The van der Waals surface area contributed by atoms with Gasteiger partial charge in [0.05, 0.1) is 5.75 Å². The predicted molar refractivity (Wildman–Crippen MR) is 99.1 cm³/mol. The van der Waals surface area contributed by atoms with Crippen LogP contribution >= 0.6 is 11.8 Å². The molecule has 0 unspecified atom stereocenters. The summed E-state index contributed by atoms with van der Waals surface area (Å²) in [6, 6.07) is 0.511. The van der Waals surface area contributed by atoms with E-state index in [0.717, 1.165) is 36.5 Å². The van der Waals surface area contributed by atoms with Gasteiger partial charge < -0.3 is 15.0 Å². The van der Waals surface area contributed by atoms with E-state index in [0.29, 0.717) is 24.9 Å². The summed E-state index contributed by atoms with van der Waals surface area (Å²) >= 11 is 1.49. The second kappa shape index (κ2) is 8.89. The quantitative estimate of drug-likeness (QED) is 0.532. The van der Waals surface area contributed by atoms with Crippen molar-refractivity contribution in [1.29, 1.82) is 0 Å². The van der Waals surface area contributed by atoms with Gasteiger partial charge in [-0.15, -0.1) is 10.2 Å². The molecule has 3 rings (SSSR count). The summed E-state index contributed by atoms with van der Waals surface area (Å²) in [6.07, 6.45) is 5.63. The van der Waals surface area contributed by atoms with Gasteiger partial charge in [0.25, 0.3) is 0 Å². The first kappa shape index (κ1) is 18.5. The lowest BCUT2D eigenvalue weighted by atomic mass is 10.00. The van der Waals surface area contributed by atoms with E-state index < -0.39 is 0 Å². The number of nitrogens with zero attached hydrogens (tertiary/aromatic N) is 4. The highest BCUT2D eigenvalue weighted by Crippen LogP contribution is 2.41. The fourth-order valence-electron chi connectivity index (χ4n) is 3.07. The summed E-state index contributed by atoms with van der Waals surface area (Å²) in [5, 5.41) is 12.6. The highest BCUT2D eigenvalue weighted by Gasteiger charge is 2.32. The van der Waals surface area contributed by atoms with Gasteiger partial charge in [0, 0.05) is 39.4 Å². The van der Waals surface area contributed by atoms with Gasteiger partial charge in [-0.3, -0.25) is 9.36 Å². The first-order chi connectivity index (χ1) is 12.2. The molecule has 1 N–H and O–H groups in total. The van der Waals surface area contributed by atoms with E-state index in [1.54, 1.807) is 7.11 Å².